The SMILES string of the molecule is Cc1cc2ccccn2c1-c1c(C)cc2ccccn12. The highest BCUT2D eigenvalue weighted by atomic mass is 15.0. The Morgan fingerprint density at radius 3 is 1.55 bits per heavy atom. The standard InChI is InChI=1S/C18H16N2/c1-13-11-15-7-3-5-9-19(15)17(13)18-14(2)12-16-8-4-6-10-20(16)18/h3-12H,1-2H3. The number of aryl methyl sites for hydroxylation is 2. The molecule has 4 aromatic heterocycles. The summed E-state index contributed by atoms with van der Waals surface area (Å²) in [5.74, 6) is 0. The molecule has 98 valence electrons. The van der Waals surface area contributed by atoms with Gasteiger partial charge >= 0.3 is 0 Å². The van der Waals surface area contributed by atoms with Crippen LogP contribution in [0, 0.1) is 13.8 Å². The highest BCUT2D eigenvalue weighted by molar-refractivity contribution is 5.75. The van der Waals surface area contributed by atoms with Crippen molar-refractivity contribution in [1.29, 1.82) is 0 Å². The van der Waals surface area contributed by atoms with Gasteiger partial charge in [-0.2, -0.15) is 0 Å². The molecule has 0 spiro atoms. The Kier molecular flexibility index (Phi) is 2.27. The van der Waals surface area contributed by atoms with E-state index in [1.807, 2.05) is 0 Å². The normalized spacial score (nSPS) is 11.5. The summed E-state index contributed by atoms with van der Waals surface area (Å²) in [5, 5.41) is 0. The van der Waals surface area contributed by atoms with Gasteiger partial charge in [-0.15, -0.1) is 0 Å². The summed E-state index contributed by atoms with van der Waals surface area (Å²) in [6.45, 7) is 4.37. The Morgan fingerprint density at radius 2 is 1.10 bits per heavy atom. The summed E-state index contributed by atoms with van der Waals surface area (Å²) < 4.78 is 4.55. The van der Waals surface area contributed by atoms with Crippen LogP contribution in [0.15, 0.2) is 60.9 Å². The lowest BCUT2D eigenvalue weighted by molar-refractivity contribution is 1.12. The lowest BCUT2D eigenvalue weighted by atomic mass is 10.1. The topological polar surface area (TPSA) is 8.82 Å². The molecule has 0 saturated heterocycles. The third kappa shape index (κ3) is 1.45. The van der Waals surface area contributed by atoms with E-state index in [1.54, 1.807) is 0 Å². The van der Waals surface area contributed by atoms with E-state index in [-0.39, 0.29) is 0 Å². The molecule has 0 N–H and O–H groups in total. The van der Waals surface area contributed by atoms with E-state index in [1.165, 1.54) is 33.5 Å². The smallest absolute Gasteiger partial charge is 0.0729 e. The van der Waals surface area contributed by atoms with Gasteiger partial charge < -0.3 is 8.80 Å². The summed E-state index contributed by atoms with van der Waals surface area (Å²) in [7, 11) is 0. The first kappa shape index (κ1) is 11.4. The van der Waals surface area contributed by atoms with Crippen molar-refractivity contribution in [3.63, 3.8) is 0 Å². The van der Waals surface area contributed by atoms with Crippen molar-refractivity contribution in [2.24, 2.45) is 0 Å². The Labute approximate surface area is 117 Å². The molecule has 4 heterocycles. The van der Waals surface area contributed by atoms with E-state index in [9.17, 15) is 0 Å². The molecule has 2 heteroatoms. The maximum Gasteiger partial charge on any atom is 0.0729 e. The minimum absolute atomic E-state index is 1.24. The average molecular weight is 260 g/mol. The minimum Gasteiger partial charge on any atom is -0.315 e. The fourth-order valence-electron chi connectivity index (χ4n) is 3.12. The second-order valence-electron chi connectivity index (χ2n) is 5.34. The predicted octanol–water partition coefficient (Wildman–Crippen LogP) is 4.48. The zero-order valence-electron chi connectivity index (χ0n) is 11.7. The predicted molar refractivity (Wildman–Crippen MR) is 83.3 cm³/mol. The van der Waals surface area contributed by atoms with Gasteiger partial charge in [0.1, 0.15) is 0 Å². The van der Waals surface area contributed by atoms with Gasteiger partial charge in [0, 0.05) is 23.4 Å². The summed E-state index contributed by atoms with van der Waals surface area (Å²) in [4.78, 5) is 0. The number of hydrogen-bond donors (Lipinski definition) is 0. The number of nitrogens with zero attached hydrogens (tertiary/aromatic N) is 2. The van der Waals surface area contributed by atoms with Crippen LogP contribution in [-0.2, 0) is 0 Å². The van der Waals surface area contributed by atoms with Crippen molar-refractivity contribution in [1.82, 2.24) is 8.80 Å². The van der Waals surface area contributed by atoms with E-state index in [0.29, 0.717) is 0 Å². The number of aromatic nitrogens is 2. The Bertz CT molecular complexity index is 847. The molecule has 0 aliphatic heterocycles. The summed E-state index contributed by atoms with van der Waals surface area (Å²) in [6, 6.07) is 17.1. The van der Waals surface area contributed by atoms with Gasteiger partial charge in [0.2, 0.25) is 0 Å². The Balaban J connectivity index is 2.16. The minimum atomic E-state index is 1.24. The molecule has 20 heavy (non-hydrogen) atoms. The van der Waals surface area contributed by atoms with Gasteiger partial charge in [-0.3, -0.25) is 0 Å². The molecule has 0 radical (unpaired) electrons. The van der Waals surface area contributed by atoms with Crippen LogP contribution in [0.1, 0.15) is 11.1 Å². The summed E-state index contributed by atoms with van der Waals surface area (Å²) in [5.41, 5.74) is 7.66. The molecule has 0 bridgehead atoms. The molecule has 4 aromatic rings. The van der Waals surface area contributed by atoms with E-state index in [2.05, 4.69) is 83.6 Å². The molecule has 0 unspecified atom stereocenters. The highest BCUT2D eigenvalue weighted by Gasteiger charge is 2.15. The van der Waals surface area contributed by atoms with Crippen molar-refractivity contribution >= 4 is 11.0 Å². The molecule has 0 aliphatic rings. The van der Waals surface area contributed by atoms with Gasteiger partial charge in [0.25, 0.3) is 0 Å². The molecular weight excluding hydrogens is 244 g/mol. The Morgan fingerprint density at radius 1 is 0.650 bits per heavy atom. The van der Waals surface area contributed by atoms with Crippen LogP contribution >= 0.6 is 0 Å². The van der Waals surface area contributed by atoms with E-state index in [0.717, 1.165) is 0 Å². The van der Waals surface area contributed by atoms with Crippen LogP contribution < -0.4 is 0 Å². The lowest BCUT2D eigenvalue weighted by Crippen LogP contribution is -1.94. The quantitative estimate of drug-likeness (QED) is 0.477. The van der Waals surface area contributed by atoms with Crippen LogP contribution in [-0.4, -0.2) is 8.80 Å². The monoisotopic (exact) mass is 260 g/mol. The van der Waals surface area contributed by atoms with Crippen molar-refractivity contribution in [3.8, 4) is 11.4 Å². The van der Waals surface area contributed by atoms with Gasteiger partial charge in [-0.25, -0.2) is 0 Å². The molecule has 0 aromatic carbocycles. The maximum atomic E-state index is 2.27. The second kappa shape index (κ2) is 4.01. The molecule has 0 fully saturated rings. The first-order valence-electron chi connectivity index (χ1n) is 6.89. The fraction of sp³-hybridized carbons (Fsp3) is 0.111. The summed E-state index contributed by atoms with van der Waals surface area (Å²) in [6.07, 6.45) is 4.28. The van der Waals surface area contributed by atoms with Gasteiger partial charge in [-0.1, -0.05) is 12.1 Å². The number of pyridine rings is 2. The third-order valence-corrected chi connectivity index (χ3v) is 3.96. The Hall–Kier alpha value is -2.48. The van der Waals surface area contributed by atoms with Crippen LogP contribution in [0.3, 0.4) is 0 Å². The first-order chi connectivity index (χ1) is 9.75. The largest absolute Gasteiger partial charge is 0.315 e. The molecular formula is C18H16N2. The van der Waals surface area contributed by atoms with Crippen molar-refractivity contribution < 1.29 is 0 Å². The second-order valence-corrected chi connectivity index (χ2v) is 5.34. The first-order valence-corrected chi connectivity index (χ1v) is 6.89. The zero-order valence-corrected chi connectivity index (χ0v) is 11.7. The molecule has 0 aliphatic carbocycles. The number of fused-ring (bicyclic) bond motifs is 2. The van der Waals surface area contributed by atoms with Crippen LogP contribution in [0.2, 0.25) is 0 Å². The van der Waals surface area contributed by atoms with Crippen molar-refractivity contribution in [3.05, 3.63) is 72.1 Å². The molecule has 0 atom stereocenters. The van der Waals surface area contributed by atoms with Crippen molar-refractivity contribution in [2.45, 2.75) is 13.8 Å². The van der Waals surface area contributed by atoms with Gasteiger partial charge in [0.15, 0.2) is 0 Å². The zero-order chi connectivity index (χ0) is 13.7. The lowest BCUT2D eigenvalue weighted by Gasteiger charge is -2.07. The molecule has 0 amide bonds. The van der Waals surface area contributed by atoms with E-state index < -0.39 is 0 Å². The number of hydrogen-bond acceptors (Lipinski definition) is 0. The van der Waals surface area contributed by atoms with Gasteiger partial charge in [-0.05, 0) is 61.4 Å². The van der Waals surface area contributed by atoms with Crippen LogP contribution in [0.4, 0.5) is 0 Å². The van der Waals surface area contributed by atoms with Crippen molar-refractivity contribution in [2.75, 3.05) is 0 Å². The van der Waals surface area contributed by atoms with Gasteiger partial charge in [0.05, 0.1) is 11.4 Å². The molecule has 0 saturated carbocycles. The maximum absolute atomic E-state index is 2.27. The molecule has 2 nitrogen and oxygen atoms in total. The number of rotatable bonds is 1. The fourth-order valence-corrected chi connectivity index (χ4v) is 3.12. The molecule has 4 rings (SSSR count). The van der Waals surface area contributed by atoms with E-state index >= 15 is 0 Å². The van der Waals surface area contributed by atoms with Crippen LogP contribution in [0.5, 0.6) is 0 Å². The highest BCUT2D eigenvalue weighted by Crippen LogP contribution is 2.31. The van der Waals surface area contributed by atoms with Crippen LogP contribution in [0.25, 0.3) is 22.4 Å². The third-order valence-electron chi connectivity index (χ3n) is 3.96. The average Bonchev–Trinajstić information content (AvgIpc) is 2.94. The summed E-state index contributed by atoms with van der Waals surface area (Å²) >= 11 is 0. The van der Waals surface area contributed by atoms with E-state index in [4.69, 9.17) is 0 Å².